The van der Waals surface area contributed by atoms with Gasteiger partial charge in [0.25, 0.3) is 0 Å². The molecule has 0 aliphatic rings. The van der Waals surface area contributed by atoms with E-state index in [-0.39, 0.29) is 17.6 Å². The van der Waals surface area contributed by atoms with Crippen LogP contribution in [0.5, 0.6) is 0 Å². The maximum atomic E-state index is 12.4. The van der Waals surface area contributed by atoms with Gasteiger partial charge in [-0.05, 0) is 38.4 Å². The largest absolute Gasteiger partial charge is 0.416 e. The topological polar surface area (TPSA) is 65.0 Å². The molecule has 1 N–H and O–H groups in total. The Hall–Kier alpha value is 0.287. The molecule has 0 saturated carbocycles. The monoisotopic (exact) mass is 354 g/mol. The summed E-state index contributed by atoms with van der Waals surface area (Å²) in [5, 5.41) is 9.68. The smallest absolute Gasteiger partial charge is 0.330 e. The number of rotatable bonds is 11. The van der Waals surface area contributed by atoms with Gasteiger partial charge in [0.05, 0.1) is 19.4 Å². The molecule has 0 aromatic heterocycles. The maximum absolute atomic E-state index is 12.4. The van der Waals surface area contributed by atoms with Gasteiger partial charge in [0, 0.05) is 19.1 Å². The van der Waals surface area contributed by atoms with Gasteiger partial charge in [-0.1, -0.05) is 20.8 Å². The molecule has 0 amide bonds. The van der Waals surface area contributed by atoms with Crippen LogP contribution in [0.15, 0.2) is 0 Å². The highest BCUT2D eigenvalue weighted by Crippen LogP contribution is 2.49. The van der Waals surface area contributed by atoms with Crippen molar-refractivity contribution in [3.8, 4) is 0 Å². The van der Waals surface area contributed by atoms with Crippen LogP contribution < -0.4 is 0 Å². The molecule has 7 heteroatoms. The molecule has 0 rings (SSSR count). The summed E-state index contributed by atoms with van der Waals surface area (Å²) in [4.78, 5) is 0. The fraction of sp³-hybridized carbons (Fsp3) is 1.00. The molecule has 0 saturated heterocycles. The van der Waals surface area contributed by atoms with E-state index in [4.69, 9.17) is 13.5 Å². The van der Waals surface area contributed by atoms with Crippen LogP contribution in [0.25, 0.3) is 0 Å². The predicted octanol–water partition coefficient (Wildman–Crippen LogP) is 4.27. The average Bonchev–Trinajstić information content (AvgIpc) is 2.38. The summed E-state index contributed by atoms with van der Waals surface area (Å²) in [5.41, 5.74) is 0. The Bertz CT molecular complexity index is 344. The van der Waals surface area contributed by atoms with Crippen molar-refractivity contribution in [2.45, 2.75) is 59.2 Å². The minimum Gasteiger partial charge on any atom is -0.416 e. The summed E-state index contributed by atoms with van der Waals surface area (Å²) in [6.45, 7) is 15.8. The Morgan fingerprint density at radius 1 is 1.14 bits per heavy atom. The quantitative estimate of drug-likeness (QED) is 0.443. The average molecular weight is 355 g/mol. The Morgan fingerprint density at radius 3 is 2.00 bits per heavy atom. The summed E-state index contributed by atoms with van der Waals surface area (Å²) in [6.07, 6.45) is 0.892. The molecule has 0 aromatic rings. The van der Waals surface area contributed by atoms with E-state index in [1.54, 1.807) is 13.8 Å². The second-order valence-corrected chi connectivity index (χ2v) is 14.1. The summed E-state index contributed by atoms with van der Waals surface area (Å²) < 4.78 is 29.1. The van der Waals surface area contributed by atoms with Gasteiger partial charge in [-0.15, -0.1) is 0 Å². The van der Waals surface area contributed by atoms with Gasteiger partial charge in [-0.2, -0.15) is 0 Å². The number of hydrogen-bond donors (Lipinski definition) is 1. The van der Waals surface area contributed by atoms with Crippen LogP contribution >= 0.6 is 7.60 Å². The maximum Gasteiger partial charge on any atom is 0.330 e. The molecule has 0 fully saturated rings. The molecule has 1 unspecified atom stereocenters. The van der Waals surface area contributed by atoms with E-state index >= 15 is 0 Å². The number of aliphatic hydroxyl groups excluding tert-OH is 1. The molecule has 0 aromatic carbocycles. The van der Waals surface area contributed by atoms with E-state index in [1.165, 1.54) is 0 Å². The van der Waals surface area contributed by atoms with Gasteiger partial charge in [-0.3, -0.25) is 4.57 Å². The minimum atomic E-state index is -3.04. The van der Waals surface area contributed by atoms with E-state index in [2.05, 4.69) is 33.9 Å². The molecule has 1 atom stereocenters. The third kappa shape index (κ3) is 7.71. The molecule has 0 aliphatic carbocycles. The lowest BCUT2D eigenvalue weighted by Gasteiger charge is -2.37. The fourth-order valence-corrected chi connectivity index (χ4v) is 4.56. The zero-order valence-corrected chi connectivity index (χ0v) is 17.2. The first-order chi connectivity index (χ1) is 10.0. The van der Waals surface area contributed by atoms with Gasteiger partial charge < -0.3 is 18.6 Å². The normalized spacial score (nSPS) is 15.1. The van der Waals surface area contributed by atoms with E-state index in [1.807, 2.05) is 0 Å². The van der Waals surface area contributed by atoms with Gasteiger partial charge in [0.1, 0.15) is 0 Å². The lowest BCUT2D eigenvalue weighted by Crippen LogP contribution is -2.42. The summed E-state index contributed by atoms with van der Waals surface area (Å²) in [6, 6.07) is 0. The highest BCUT2D eigenvalue weighted by atomic mass is 31.2. The first-order valence-electron chi connectivity index (χ1n) is 8.14. The first-order valence-corrected chi connectivity index (χ1v) is 12.8. The van der Waals surface area contributed by atoms with Gasteiger partial charge in [0.2, 0.25) is 0 Å². The van der Waals surface area contributed by atoms with E-state index in [9.17, 15) is 9.67 Å². The Morgan fingerprint density at radius 2 is 1.64 bits per heavy atom. The molecular weight excluding hydrogens is 319 g/mol. The first kappa shape index (κ1) is 22.3. The highest BCUT2D eigenvalue weighted by Gasteiger charge is 2.37. The molecule has 0 bridgehead atoms. The van der Waals surface area contributed by atoms with Crippen LogP contribution in [0.2, 0.25) is 18.1 Å². The Kier molecular flexibility index (Phi) is 9.68. The van der Waals surface area contributed by atoms with Crippen LogP contribution in [-0.4, -0.2) is 46.0 Å². The Labute approximate surface area is 137 Å². The van der Waals surface area contributed by atoms with E-state index in [0.29, 0.717) is 32.4 Å². The summed E-state index contributed by atoms with van der Waals surface area (Å²) in [7, 11) is -4.87. The van der Waals surface area contributed by atoms with Crippen molar-refractivity contribution in [3.05, 3.63) is 0 Å². The van der Waals surface area contributed by atoms with Crippen molar-refractivity contribution in [1.29, 1.82) is 0 Å². The van der Waals surface area contributed by atoms with Crippen LogP contribution in [0, 0.1) is 5.92 Å². The van der Waals surface area contributed by atoms with E-state index in [0.717, 1.165) is 0 Å². The van der Waals surface area contributed by atoms with Crippen LogP contribution in [0.1, 0.15) is 41.0 Å². The third-order valence-electron chi connectivity index (χ3n) is 4.21. The molecule has 22 heavy (non-hydrogen) atoms. The second-order valence-electron chi connectivity index (χ2n) is 7.08. The Balaban J connectivity index is 4.52. The van der Waals surface area contributed by atoms with Crippen LogP contribution in [0.4, 0.5) is 0 Å². The van der Waals surface area contributed by atoms with Crippen molar-refractivity contribution in [1.82, 2.24) is 0 Å². The summed E-state index contributed by atoms with van der Waals surface area (Å²) >= 11 is 0. The molecule has 0 aliphatic heterocycles. The van der Waals surface area contributed by atoms with Crippen molar-refractivity contribution in [2.24, 2.45) is 5.92 Å². The highest BCUT2D eigenvalue weighted by molar-refractivity contribution is 7.53. The lowest BCUT2D eigenvalue weighted by atomic mass is 10.1. The molecule has 5 nitrogen and oxygen atoms in total. The molecule has 134 valence electrons. The zero-order valence-electron chi connectivity index (χ0n) is 15.3. The zero-order chi connectivity index (χ0) is 17.4. The number of aliphatic hydroxyl groups is 1. The van der Waals surface area contributed by atoms with E-state index < -0.39 is 15.9 Å². The van der Waals surface area contributed by atoms with Crippen molar-refractivity contribution >= 4 is 15.9 Å². The van der Waals surface area contributed by atoms with Crippen molar-refractivity contribution in [2.75, 3.05) is 32.6 Å². The summed E-state index contributed by atoms with van der Waals surface area (Å²) in [5.74, 6) is -0.0386. The second kappa shape index (κ2) is 9.55. The molecular formula is C15H35O5PSi. The van der Waals surface area contributed by atoms with Crippen molar-refractivity contribution < 1.29 is 23.1 Å². The fourth-order valence-electron chi connectivity index (χ4n) is 1.67. The van der Waals surface area contributed by atoms with Gasteiger partial charge in [0.15, 0.2) is 8.32 Å². The van der Waals surface area contributed by atoms with Gasteiger partial charge in [-0.25, -0.2) is 0 Å². The van der Waals surface area contributed by atoms with Gasteiger partial charge >= 0.3 is 7.60 Å². The SMILES string of the molecule is CCOP(=O)(CCC(CO)CO[Si](C)(C)C(C)(C)C)OCC. The third-order valence-corrected chi connectivity index (χ3v) is 10.8. The van der Waals surface area contributed by atoms with Crippen molar-refractivity contribution in [3.63, 3.8) is 0 Å². The molecule has 0 radical (unpaired) electrons. The van der Waals surface area contributed by atoms with Crippen LogP contribution in [0.3, 0.4) is 0 Å². The number of hydrogen-bond acceptors (Lipinski definition) is 5. The molecule has 0 spiro atoms. The standard InChI is InChI=1S/C15H35O5PSi/c1-8-18-21(17,19-9-2)11-10-14(12-16)13-20-22(6,7)15(3,4)5/h14,16H,8-13H2,1-7H3. The molecule has 0 heterocycles. The predicted molar refractivity (Wildman–Crippen MR) is 94.1 cm³/mol. The lowest BCUT2D eigenvalue weighted by molar-refractivity contribution is 0.148. The minimum absolute atomic E-state index is 0.0207. The van der Waals surface area contributed by atoms with Crippen LogP contribution in [-0.2, 0) is 18.0 Å².